The molecule has 0 radical (unpaired) electrons. The third-order valence-corrected chi connectivity index (χ3v) is 3.80. The Morgan fingerprint density at radius 1 is 0.870 bits per heavy atom. The van der Waals surface area contributed by atoms with Crippen LogP contribution in [-0.2, 0) is 6.42 Å². The van der Waals surface area contributed by atoms with Gasteiger partial charge in [-0.2, -0.15) is 0 Å². The summed E-state index contributed by atoms with van der Waals surface area (Å²) in [6.45, 7) is 0. The Morgan fingerprint density at radius 2 is 1.65 bits per heavy atom. The van der Waals surface area contributed by atoms with Crippen LogP contribution in [0.2, 0.25) is 0 Å². The van der Waals surface area contributed by atoms with Gasteiger partial charge in [0.05, 0.1) is 0 Å². The van der Waals surface area contributed by atoms with Gasteiger partial charge in [-0.15, -0.1) is 0 Å². The number of imidazole rings is 1. The summed E-state index contributed by atoms with van der Waals surface area (Å²) in [5.41, 5.74) is 3.87. The number of phenols is 1. The van der Waals surface area contributed by atoms with Crippen molar-refractivity contribution in [3.05, 3.63) is 84.3 Å². The van der Waals surface area contributed by atoms with Gasteiger partial charge >= 0.3 is 0 Å². The fourth-order valence-corrected chi connectivity index (χ4v) is 2.72. The molecule has 4 nitrogen and oxygen atoms in total. The van der Waals surface area contributed by atoms with Crippen molar-refractivity contribution in [1.82, 2.24) is 14.5 Å². The molecular formula is C19H15N3O. The van der Waals surface area contributed by atoms with Gasteiger partial charge in [-0.05, 0) is 42.0 Å². The fraction of sp³-hybridized carbons (Fsp3) is 0.0526. The van der Waals surface area contributed by atoms with E-state index in [1.54, 1.807) is 18.3 Å². The zero-order chi connectivity index (χ0) is 15.6. The summed E-state index contributed by atoms with van der Waals surface area (Å²) in [6.07, 6.45) is 2.46. The summed E-state index contributed by atoms with van der Waals surface area (Å²) >= 11 is 0. The average molecular weight is 301 g/mol. The van der Waals surface area contributed by atoms with Crippen molar-refractivity contribution in [2.24, 2.45) is 0 Å². The molecule has 0 unspecified atom stereocenters. The quantitative estimate of drug-likeness (QED) is 0.627. The fourth-order valence-electron chi connectivity index (χ4n) is 2.72. The number of fused-ring (bicyclic) bond motifs is 1. The Bertz CT molecular complexity index is 943. The number of phenolic OH excluding ortho intramolecular Hbond substituents is 1. The molecule has 0 aliphatic heterocycles. The highest BCUT2D eigenvalue weighted by molar-refractivity contribution is 5.73. The molecule has 0 aliphatic rings. The van der Waals surface area contributed by atoms with Crippen molar-refractivity contribution in [2.45, 2.75) is 6.42 Å². The first kappa shape index (κ1) is 13.5. The molecule has 0 amide bonds. The Morgan fingerprint density at radius 3 is 2.43 bits per heavy atom. The monoisotopic (exact) mass is 301 g/mol. The summed E-state index contributed by atoms with van der Waals surface area (Å²) in [6, 6.07) is 21.2. The summed E-state index contributed by atoms with van der Waals surface area (Å²) in [7, 11) is 0. The minimum atomic E-state index is 0.270. The third kappa shape index (κ3) is 2.55. The number of aromatic hydroxyl groups is 1. The second kappa shape index (κ2) is 5.57. The van der Waals surface area contributed by atoms with Gasteiger partial charge < -0.3 is 5.11 Å². The highest BCUT2D eigenvalue weighted by Gasteiger charge is 2.13. The highest BCUT2D eigenvalue weighted by atomic mass is 16.3. The predicted molar refractivity (Wildman–Crippen MR) is 89.8 cm³/mol. The molecule has 4 aromatic rings. The lowest BCUT2D eigenvalue weighted by atomic mass is 10.1. The lowest BCUT2D eigenvalue weighted by molar-refractivity contribution is 0.475. The smallest absolute Gasteiger partial charge is 0.164 e. The molecule has 4 rings (SSSR count). The molecule has 112 valence electrons. The Labute approximate surface area is 133 Å². The number of pyridine rings is 1. The van der Waals surface area contributed by atoms with Crippen LogP contribution in [0, 0.1) is 0 Å². The maximum absolute atomic E-state index is 9.44. The standard InChI is InChI=1S/C19H15N3O/c23-16-10-8-14(9-11-16)13-18-21-17-7-4-12-20-19(17)22(18)15-5-2-1-3-6-15/h1-12,23H,13H2. The highest BCUT2D eigenvalue weighted by Crippen LogP contribution is 2.22. The van der Waals surface area contributed by atoms with Crippen molar-refractivity contribution >= 4 is 11.2 Å². The van der Waals surface area contributed by atoms with Gasteiger partial charge in [-0.3, -0.25) is 4.57 Å². The summed E-state index contributed by atoms with van der Waals surface area (Å²) in [4.78, 5) is 9.24. The number of hydrogen-bond acceptors (Lipinski definition) is 3. The second-order valence-corrected chi connectivity index (χ2v) is 5.39. The molecule has 2 aromatic heterocycles. The van der Waals surface area contributed by atoms with Gasteiger partial charge in [0.25, 0.3) is 0 Å². The maximum Gasteiger partial charge on any atom is 0.164 e. The minimum absolute atomic E-state index is 0.270. The Balaban J connectivity index is 1.87. The van der Waals surface area contributed by atoms with Gasteiger partial charge in [0.15, 0.2) is 5.65 Å². The SMILES string of the molecule is Oc1ccc(Cc2nc3cccnc3n2-c2ccccc2)cc1. The topological polar surface area (TPSA) is 50.9 Å². The van der Waals surface area contributed by atoms with Crippen molar-refractivity contribution in [3.8, 4) is 11.4 Å². The van der Waals surface area contributed by atoms with E-state index < -0.39 is 0 Å². The number of benzene rings is 2. The molecule has 2 aromatic carbocycles. The number of rotatable bonds is 3. The molecule has 1 N–H and O–H groups in total. The van der Waals surface area contributed by atoms with Crippen molar-refractivity contribution < 1.29 is 5.11 Å². The van der Waals surface area contributed by atoms with Gasteiger partial charge in [0.2, 0.25) is 0 Å². The van der Waals surface area contributed by atoms with E-state index in [-0.39, 0.29) is 5.75 Å². The zero-order valence-electron chi connectivity index (χ0n) is 12.4. The lowest BCUT2D eigenvalue weighted by Gasteiger charge is -2.08. The zero-order valence-corrected chi connectivity index (χ0v) is 12.4. The number of para-hydroxylation sites is 1. The average Bonchev–Trinajstić information content (AvgIpc) is 2.95. The van der Waals surface area contributed by atoms with Gasteiger partial charge in [-0.1, -0.05) is 30.3 Å². The van der Waals surface area contributed by atoms with Crippen LogP contribution < -0.4 is 0 Å². The van der Waals surface area contributed by atoms with Crippen LogP contribution in [0.4, 0.5) is 0 Å². The van der Waals surface area contributed by atoms with Crippen molar-refractivity contribution in [1.29, 1.82) is 0 Å². The predicted octanol–water partition coefficient (Wildman–Crippen LogP) is 3.72. The van der Waals surface area contributed by atoms with E-state index >= 15 is 0 Å². The molecule has 2 heterocycles. The second-order valence-electron chi connectivity index (χ2n) is 5.39. The molecule has 0 spiro atoms. The van der Waals surface area contributed by atoms with E-state index in [0.717, 1.165) is 28.2 Å². The van der Waals surface area contributed by atoms with Crippen LogP contribution in [0.5, 0.6) is 5.75 Å². The molecule has 0 fully saturated rings. The van der Waals surface area contributed by atoms with E-state index in [2.05, 4.69) is 21.7 Å². The molecule has 0 saturated carbocycles. The van der Waals surface area contributed by atoms with Crippen LogP contribution in [0.3, 0.4) is 0 Å². The van der Waals surface area contributed by atoms with E-state index in [1.807, 2.05) is 42.5 Å². The first-order chi connectivity index (χ1) is 11.3. The van der Waals surface area contributed by atoms with Crippen molar-refractivity contribution in [3.63, 3.8) is 0 Å². The molecular weight excluding hydrogens is 286 g/mol. The molecule has 0 bridgehead atoms. The third-order valence-electron chi connectivity index (χ3n) is 3.80. The van der Waals surface area contributed by atoms with Crippen LogP contribution in [-0.4, -0.2) is 19.6 Å². The largest absolute Gasteiger partial charge is 0.508 e. The van der Waals surface area contributed by atoms with Crippen LogP contribution in [0.25, 0.3) is 16.9 Å². The lowest BCUT2D eigenvalue weighted by Crippen LogP contribution is -2.02. The van der Waals surface area contributed by atoms with Crippen LogP contribution in [0.1, 0.15) is 11.4 Å². The normalized spacial score (nSPS) is 11.0. The number of nitrogens with zero attached hydrogens (tertiary/aromatic N) is 3. The summed E-state index contributed by atoms with van der Waals surface area (Å²) in [5.74, 6) is 1.20. The molecule has 0 atom stereocenters. The molecule has 4 heteroatoms. The Hall–Kier alpha value is -3.14. The van der Waals surface area contributed by atoms with Gasteiger partial charge in [-0.25, -0.2) is 9.97 Å². The van der Waals surface area contributed by atoms with E-state index in [9.17, 15) is 5.11 Å². The number of aromatic nitrogens is 3. The van der Waals surface area contributed by atoms with E-state index in [1.165, 1.54) is 0 Å². The first-order valence-electron chi connectivity index (χ1n) is 7.47. The summed E-state index contributed by atoms with van der Waals surface area (Å²) in [5, 5.41) is 9.44. The first-order valence-corrected chi connectivity index (χ1v) is 7.47. The van der Waals surface area contributed by atoms with Gasteiger partial charge in [0.1, 0.15) is 17.1 Å². The molecule has 23 heavy (non-hydrogen) atoms. The molecule has 0 aliphatic carbocycles. The maximum atomic E-state index is 9.44. The minimum Gasteiger partial charge on any atom is -0.508 e. The summed E-state index contributed by atoms with van der Waals surface area (Å²) < 4.78 is 2.09. The number of hydrogen-bond donors (Lipinski definition) is 1. The van der Waals surface area contributed by atoms with Crippen molar-refractivity contribution in [2.75, 3.05) is 0 Å². The van der Waals surface area contributed by atoms with E-state index in [0.29, 0.717) is 6.42 Å². The van der Waals surface area contributed by atoms with Gasteiger partial charge in [0, 0.05) is 18.3 Å². The molecule has 0 saturated heterocycles. The van der Waals surface area contributed by atoms with Crippen LogP contribution >= 0.6 is 0 Å². The van der Waals surface area contributed by atoms with Crippen LogP contribution in [0.15, 0.2) is 72.9 Å². The van der Waals surface area contributed by atoms with E-state index in [4.69, 9.17) is 4.98 Å². The Kier molecular flexibility index (Phi) is 3.27.